The number of hydrogen-bond donors (Lipinski definition) is 1. The van der Waals surface area contributed by atoms with Crippen molar-refractivity contribution in [3.8, 4) is 16.9 Å². The molecule has 1 heterocycles. The van der Waals surface area contributed by atoms with Crippen molar-refractivity contribution in [1.82, 2.24) is 0 Å². The van der Waals surface area contributed by atoms with Gasteiger partial charge in [0, 0.05) is 22.6 Å². The first-order valence-corrected chi connectivity index (χ1v) is 10.7. The van der Waals surface area contributed by atoms with Gasteiger partial charge in [0.05, 0.1) is 7.11 Å². The molecule has 1 N–H and O–H groups in total. The SMILES string of the molecule is COc1ccc(-c2csc(NC(=O)OC(C)(C)C)c2C(=O)OCc2ccccc2)c(F)c1. The highest BCUT2D eigenvalue weighted by Gasteiger charge is 2.26. The number of thiophene rings is 1. The van der Waals surface area contributed by atoms with Crippen molar-refractivity contribution in [3.05, 3.63) is 70.9 Å². The molecule has 0 bridgehead atoms. The van der Waals surface area contributed by atoms with Gasteiger partial charge in [-0.15, -0.1) is 11.3 Å². The van der Waals surface area contributed by atoms with Gasteiger partial charge in [-0.1, -0.05) is 30.3 Å². The van der Waals surface area contributed by atoms with Crippen LogP contribution in [0.4, 0.5) is 14.2 Å². The quantitative estimate of drug-likeness (QED) is 0.442. The molecule has 0 aliphatic carbocycles. The van der Waals surface area contributed by atoms with E-state index in [-0.39, 0.29) is 22.7 Å². The predicted octanol–water partition coefficient (Wildman–Crippen LogP) is 6.27. The first kappa shape index (κ1) is 23.3. The van der Waals surface area contributed by atoms with Crippen LogP contribution in [0.15, 0.2) is 53.9 Å². The molecule has 0 fully saturated rings. The molecular formula is C24H24FNO5S. The number of anilines is 1. The molecule has 1 aromatic heterocycles. The van der Waals surface area contributed by atoms with E-state index in [1.165, 1.54) is 19.2 Å². The molecular weight excluding hydrogens is 433 g/mol. The minimum Gasteiger partial charge on any atom is -0.497 e. The van der Waals surface area contributed by atoms with Gasteiger partial charge in [0.1, 0.15) is 34.3 Å². The van der Waals surface area contributed by atoms with Crippen molar-refractivity contribution in [3.63, 3.8) is 0 Å². The minimum atomic E-state index is -0.724. The van der Waals surface area contributed by atoms with Crippen LogP contribution in [-0.2, 0) is 16.1 Å². The number of ether oxygens (including phenoxy) is 3. The Morgan fingerprint density at radius 2 is 1.78 bits per heavy atom. The van der Waals surface area contributed by atoms with Crippen LogP contribution in [0.5, 0.6) is 5.75 Å². The van der Waals surface area contributed by atoms with E-state index in [1.54, 1.807) is 32.2 Å². The average Bonchev–Trinajstić information content (AvgIpc) is 3.14. The maximum atomic E-state index is 14.8. The van der Waals surface area contributed by atoms with Crippen LogP contribution in [-0.4, -0.2) is 24.8 Å². The van der Waals surface area contributed by atoms with Gasteiger partial charge in [0.25, 0.3) is 0 Å². The Morgan fingerprint density at radius 1 is 1.06 bits per heavy atom. The fraction of sp³-hybridized carbons (Fsp3) is 0.250. The molecule has 0 aliphatic rings. The van der Waals surface area contributed by atoms with Gasteiger partial charge in [0.15, 0.2) is 0 Å². The fourth-order valence-corrected chi connectivity index (χ4v) is 3.82. The molecule has 0 unspecified atom stereocenters. The highest BCUT2D eigenvalue weighted by molar-refractivity contribution is 7.15. The average molecular weight is 458 g/mol. The van der Waals surface area contributed by atoms with Gasteiger partial charge in [0.2, 0.25) is 0 Å². The van der Waals surface area contributed by atoms with Gasteiger partial charge < -0.3 is 14.2 Å². The Labute approximate surface area is 189 Å². The van der Waals surface area contributed by atoms with Gasteiger partial charge in [-0.2, -0.15) is 0 Å². The molecule has 0 saturated carbocycles. The first-order valence-electron chi connectivity index (χ1n) is 9.84. The lowest BCUT2D eigenvalue weighted by Gasteiger charge is -2.19. The van der Waals surface area contributed by atoms with Gasteiger partial charge in [-0.3, -0.25) is 5.32 Å². The molecule has 8 heteroatoms. The van der Waals surface area contributed by atoms with Crippen molar-refractivity contribution in [2.24, 2.45) is 0 Å². The highest BCUT2D eigenvalue weighted by Crippen LogP contribution is 2.38. The molecule has 1 amide bonds. The van der Waals surface area contributed by atoms with Crippen molar-refractivity contribution in [2.45, 2.75) is 33.0 Å². The molecule has 0 atom stereocenters. The molecule has 3 rings (SSSR count). The van der Waals surface area contributed by atoms with Crippen molar-refractivity contribution < 1.29 is 28.2 Å². The van der Waals surface area contributed by atoms with Crippen molar-refractivity contribution >= 4 is 28.4 Å². The van der Waals surface area contributed by atoms with Crippen LogP contribution in [0.2, 0.25) is 0 Å². The molecule has 3 aromatic rings. The summed E-state index contributed by atoms with van der Waals surface area (Å²) >= 11 is 1.08. The Balaban J connectivity index is 1.95. The predicted molar refractivity (Wildman–Crippen MR) is 122 cm³/mol. The zero-order valence-corrected chi connectivity index (χ0v) is 19.0. The lowest BCUT2D eigenvalue weighted by molar-refractivity contribution is 0.0475. The number of methoxy groups -OCH3 is 1. The number of carbonyl (C=O) groups is 2. The summed E-state index contributed by atoms with van der Waals surface area (Å²) in [5.74, 6) is -0.906. The van der Waals surface area contributed by atoms with E-state index in [0.29, 0.717) is 11.3 Å². The lowest BCUT2D eigenvalue weighted by Crippen LogP contribution is -2.27. The summed E-state index contributed by atoms with van der Waals surface area (Å²) < 4.78 is 30.6. The largest absolute Gasteiger partial charge is 0.497 e. The van der Waals surface area contributed by atoms with Crippen LogP contribution in [0.25, 0.3) is 11.1 Å². The monoisotopic (exact) mass is 457 g/mol. The third-order valence-electron chi connectivity index (χ3n) is 4.29. The number of hydrogen-bond acceptors (Lipinski definition) is 6. The second-order valence-corrected chi connectivity index (χ2v) is 8.77. The minimum absolute atomic E-state index is 0.0337. The summed E-state index contributed by atoms with van der Waals surface area (Å²) in [5, 5.41) is 4.39. The summed E-state index contributed by atoms with van der Waals surface area (Å²) in [6.07, 6.45) is -0.724. The summed E-state index contributed by atoms with van der Waals surface area (Å²) in [6.45, 7) is 5.22. The summed E-state index contributed by atoms with van der Waals surface area (Å²) in [6, 6.07) is 13.5. The molecule has 0 aliphatic heterocycles. The molecule has 168 valence electrons. The number of amides is 1. The number of carbonyl (C=O) groups excluding carboxylic acids is 2. The van der Waals surface area contributed by atoms with E-state index in [2.05, 4.69) is 5.32 Å². The molecule has 2 aromatic carbocycles. The molecule has 0 radical (unpaired) electrons. The van der Waals surface area contributed by atoms with E-state index >= 15 is 0 Å². The highest BCUT2D eigenvalue weighted by atomic mass is 32.1. The summed E-state index contributed by atoms with van der Waals surface area (Å²) in [4.78, 5) is 25.3. The molecule has 6 nitrogen and oxygen atoms in total. The molecule has 0 spiro atoms. The number of benzene rings is 2. The van der Waals surface area contributed by atoms with Crippen molar-refractivity contribution in [2.75, 3.05) is 12.4 Å². The number of rotatable bonds is 6. The lowest BCUT2D eigenvalue weighted by atomic mass is 10.0. The van der Waals surface area contributed by atoms with E-state index in [4.69, 9.17) is 14.2 Å². The van der Waals surface area contributed by atoms with E-state index < -0.39 is 23.5 Å². The number of halogens is 1. The molecule has 0 saturated heterocycles. The Hall–Kier alpha value is -3.39. The third kappa shape index (κ3) is 5.85. The van der Waals surface area contributed by atoms with E-state index in [1.807, 2.05) is 30.3 Å². The van der Waals surface area contributed by atoms with Gasteiger partial charge in [-0.05, 0) is 38.5 Å². The van der Waals surface area contributed by atoms with Crippen LogP contribution in [0, 0.1) is 5.82 Å². The topological polar surface area (TPSA) is 73.9 Å². The summed E-state index contributed by atoms with van der Waals surface area (Å²) in [5.41, 5.74) is 0.626. The molecule has 32 heavy (non-hydrogen) atoms. The van der Waals surface area contributed by atoms with Crippen LogP contribution in [0.3, 0.4) is 0 Å². The van der Waals surface area contributed by atoms with Crippen molar-refractivity contribution in [1.29, 1.82) is 0 Å². The summed E-state index contributed by atoms with van der Waals surface area (Å²) in [7, 11) is 1.44. The second kappa shape index (κ2) is 9.82. The fourth-order valence-electron chi connectivity index (χ4n) is 2.88. The maximum absolute atomic E-state index is 14.8. The van der Waals surface area contributed by atoms with Crippen LogP contribution < -0.4 is 10.1 Å². The Kier molecular flexibility index (Phi) is 7.15. The first-order chi connectivity index (χ1) is 15.2. The standard InChI is InChI=1S/C24H24FNO5S/c1-24(2,3)31-23(28)26-21-20(22(27)30-13-15-8-6-5-7-9-15)18(14-32-21)17-11-10-16(29-4)12-19(17)25/h5-12,14H,13H2,1-4H3,(H,26,28). The second-order valence-electron chi connectivity index (χ2n) is 7.89. The Morgan fingerprint density at radius 3 is 2.41 bits per heavy atom. The van der Waals surface area contributed by atoms with Crippen LogP contribution >= 0.6 is 11.3 Å². The van der Waals surface area contributed by atoms with E-state index in [0.717, 1.165) is 16.9 Å². The Bertz CT molecular complexity index is 1110. The zero-order valence-electron chi connectivity index (χ0n) is 18.2. The maximum Gasteiger partial charge on any atom is 0.412 e. The van der Waals surface area contributed by atoms with Gasteiger partial charge in [-0.25, -0.2) is 14.0 Å². The smallest absolute Gasteiger partial charge is 0.412 e. The van der Waals surface area contributed by atoms with Gasteiger partial charge >= 0.3 is 12.1 Å². The number of esters is 1. The third-order valence-corrected chi connectivity index (χ3v) is 5.18. The normalized spacial score (nSPS) is 11.0. The van der Waals surface area contributed by atoms with Crippen LogP contribution in [0.1, 0.15) is 36.7 Å². The zero-order chi connectivity index (χ0) is 23.3. The number of nitrogens with one attached hydrogen (secondary N) is 1. The van der Waals surface area contributed by atoms with E-state index in [9.17, 15) is 14.0 Å².